The van der Waals surface area contributed by atoms with Gasteiger partial charge in [0.05, 0.1) is 5.02 Å². The van der Waals surface area contributed by atoms with Crippen LogP contribution >= 0.6 is 23.2 Å². The largest absolute Gasteiger partial charge is 0.423 e. The summed E-state index contributed by atoms with van der Waals surface area (Å²) in [6.45, 7) is 2.24. The Labute approximate surface area is 115 Å². The van der Waals surface area contributed by atoms with Crippen LogP contribution in [0.2, 0.25) is 10.0 Å². The molecule has 0 spiro atoms. The Balaban J connectivity index is 2.29. The summed E-state index contributed by atoms with van der Waals surface area (Å²) in [5, 5.41) is 0.757. The van der Waals surface area contributed by atoms with Gasteiger partial charge in [-0.1, -0.05) is 29.3 Å². The van der Waals surface area contributed by atoms with Gasteiger partial charge in [0.15, 0.2) is 5.75 Å². The summed E-state index contributed by atoms with van der Waals surface area (Å²) in [5.41, 5.74) is 7.19. The van der Waals surface area contributed by atoms with E-state index in [0.717, 1.165) is 11.3 Å². The van der Waals surface area contributed by atoms with Crippen LogP contribution in [0, 0.1) is 6.92 Å². The summed E-state index contributed by atoms with van der Waals surface area (Å²) in [6, 6.07) is 5.34. The number of aromatic nitrogens is 2. The molecule has 6 heteroatoms. The summed E-state index contributed by atoms with van der Waals surface area (Å²) >= 11 is 11.9. The minimum absolute atomic E-state index is 0.217. The summed E-state index contributed by atoms with van der Waals surface area (Å²) in [7, 11) is 0. The molecule has 0 aliphatic rings. The zero-order valence-corrected chi connectivity index (χ0v) is 11.2. The molecular weight excluding hydrogens is 273 g/mol. The third-order valence-electron chi connectivity index (χ3n) is 2.40. The summed E-state index contributed by atoms with van der Waals surface area (Å²) < 4.78 is 5.49. The fourth-order valence-corrected chi connectivity index (χ4v) is 1.71. The number of benzene rings is 1. The van der Waals surface area contributed by atoms with E-state index >= 15 is 0 Å². The van der Waals surface area contributed by atoms with E-state index in [-0.39, 0.29) is 6.01 Å². The predicted molar refractivity (Wildman–Crippen MR) is 71.2 cm³/mol. The summed E-state index contributed by atoms with van der Waals surface area (Å²) in [4.78, 5) is 8.26. The maximum absolute atomic E-state index is 6.01. The van der Waals surface area contributed by atoms with Crippen LogP contribution in [-0.2, 0) is 6.54 Å². The highest BCUT2D eigenvalue weighted by molar-refractivity contribution is 6.42. The fraction of sp³-hybridized carbons (Fsp3) is 0.167. The van der Waals surface area contributed by atoms with Gasteiger partial charge >= 0.3 is 6.01 Å². The van der Waals surface area contributed by atoms with Crippen LogP contribution in [0.3, 0.4) is 0 Å². The highest BCUT2D eigenvalue weighted by Gasteiger charge is 2.09. The van der Waals surface area contributed by atoms with E-state index in [9.17, 15) is 0 Å². The van der Waals surface area contributed by atoms with E-state index in [4.69, 9.17) is 33.7 Å². The molecule has 0 saturated carbocycles. The molecule has 1 aromatic carbocycles. The molecule has 2 rings (SSSR count). The number of nitrogens with zero attached hydrogens (tertiary/aromatic N) is 2. The lowest BCUT2D eigenvalue weighted by molar-refractivity contribution is 0.439. The second-order valence-corrected chi connectivity index (χ2v) is 4.41. The Bertz CT molecular complexity index is 575. The van der Waals surface area contributed by atoms with Crippen LogP contribution < -0.4 is 10.5 Å². The molecule has 2 aromatic rings. The van der Waals surface area contributed by atoms with Crippen molar-refractivity contribution >= 4 is 23.2 Å². The van der Waals surface area contributed by atoms with Gasteiger partial charge in [-0.2, -0.15) is 4.98 Å². The predicted octanol–water partition coefficient (Wildman–Crippen LogP) is 3.34. The average molecular weight is 284 g/mol. The monoisotopic (exact) mass is 283 g/mol. The average Bonchev–Trinajstić information content (AvgIpc) is 2.35. The lowest BCUT2D eigenvalue weighted by atomic mass is 10.2. The van der Waals surface area contributed by atoms with E-state index in [1.54, 1.807) is 24.4 Å². The van der Waals surface area contributed by atoms with E-state index in [1.165, 1.54) is 0 Å². The van der Waals surface area contributed by atoms with Crippen LogP contribution in [0.25, 0.3) is 0 Å². The standard InChI is InChI=1S/C12H11Cl2N3O/c1-7-8(5-15)6-16-12(17-7)18-10-4-2-3-9(13)11(10)14/h2-4,6H,5,15H2,1H3. The molecule has 0 aliphatic heterocycles. The highest BCUT2D eigenvalue weighted by Crippen LogP contribution is 2.33. The van der Waals surface area contributed by atoms with Crippen molar-refractivity contribution < 1.29 is 4.74 Å². The number of aryl methyl sites for hydroxylation is 1. The lowest BCUT2D eigenvalue weighted by Crippen LogP contribution is -2.03. The van der Waals surface area contributed by atoms with Gasteiger partial charge in [0, 0.05) is 24.0 Å². The molecule has 0 aliphatic carbocycles. The first-order valence-electron chi connectivity index (χ1n) is 5.26. The SMILES string of the molecule is Cc1nc(Oc2cccc(Cl)c2Cl)ncc1CN. The van der Waals surface area contributed by atoms with Crippen molar-refractivity contribution in [3.63, 3.8) is 0 Å². The molecule has 0 unspecified atom stereocenters. The van der Waals surface area contributed by atoms with Gasteiger partial charge in [0.1, 0.15) is 5.02 Å². The third-order valence-corrected chi connectivity index (χ3v) is 3.20. The smallest absolute Gasteiger partial charge is 0.322 e. The topological polar surface area (TPSA) is 61.0 Å². The van der Waals surface area contributed by atoms with E-state index in [1.807, 2.05) is 6.92 Å². The number of rotatable bonds is 3. The second kappa shape index (κ2) is 5.52. The molecule has 0 fully saturated rings. The first-order chi connectivity index (χ1) is 8.61. The normalized spacial score (nSPS) is 10.4. The molecule has 0 bridgehead atoms. The first kappa shape index (κ1) is 13.1. The van der Waals surface area contributed by atoms with Crippen LogP contribution in [0.4, 0.5) is 0 Å². The zero-order chi connectivity index (χ0) is 13.1. The Kier molecular flexibility index (Phi) is 4.01. The van der Waals surface area contributed by atoms with Crippen LogP contribution in [-0.4, -0.2) is 9.97 Å². The van der Waals surface area contributed by atoms with Crippen molar-refractivity contribution in [1.29, 1.82) is 0 Å². The van der Waals surface area contributed by atoms with E-state index in [2.05, 4.69) is 9.97 Å². The van der Waals surface area contributed by atoms with Gasteiger partial charge in [-0.3, -0.25) is 0 Å². The highest BCUT2D eigenvalue weighted by atomic mass is 35.5. The number of ether oxygens (including phenoxy) is 1. The number of halogens is 2. The number of hydrogen-bond donors (Lipinski definition) is 1. The van der Waals surface area contributed by atoms with Gasteiger partial charge in [0.25, 0.3) is 0 Å². The van der Waals surface area contributed by atoms with Gasteiger partial charge in [0.2, 0.25) is 0 Å². The molecule has 94 valence electrons. The van der Waals surface area contributed by atoms with Crippen LogP contribution in [0.5, 0.6) is 11.8 Å². The van der Waals surface area contributed by atoms with Crippen molar-refractivity contribution in [3.8, 4) is 11.8 Å². The molecule has 0 saturated heterocycles. The fourth-order valence-electron chi connectivity index (χ4n) is 1.38. The summed E-state index contributed by atoms with van der Waals surface area (Å²) in [6.07, 6.45) is 1.64. The Hall–Kier alpha value is -1.36. The number of nitrogens with two attached hydrogens (primary N) is 1. The minimum atomic E-state index is 0.217. The second-order valence-electron chi connectivity index (χ2n) is 3.62. The van der Waals surface area contributed by atoms with Gasteiger partial charge in [-0.25, -0.2) is 4.98 Å². The lowest BCUT2D eigenvalue weighted by Gasteiger charge is -2.08. The van der Waals surface area contributed by atoms with Crippen molar-refractivity contribution in [1.82, 2.24) is 9.97 Å². The van der Waals surface area contributed by atoms with E-state index in [0.29, 0.717) is 22.3 Å². The quantitative estimate of drug-likeness (QED) is 0.939. The van der Waals surface area contributed by atoms with Crippen LogP contribution in [0.1, 0.15) is 11.3 Å². The molecule has 1 aromatic heterocycles. The Morgan fingerprint density at radius 2 is 2.11 bits per heavy atom. The van der Waals surface area contributed by atoms with Crippen molar-refractivity contribution in [2.45, 2.75) is 13.5 Å². The zero-order valence-electron chi connectivity index (χ0n) is 9.65. The van der Waals surface area contributed by atoms with Crippen LogP contribution in [0.15, 0.2) is 24.4 Å². The molecule has 4 nitrogen and oxygen atoms in total. The van der Waals surface area contributed by atoms with Crippen molar-refractivity contribution in [2.75, 3.05) is 0 Å². The summed E-state index contributed by atoms with van der Waals surface area (Å²) in [5.74, 6) is 0.420. The molecule has 1 heterocycles. The minimum Gasteiger partial charge on any atom is -0.423 e. The molecule has 0 radical (unpaired) electrons. The van der Waals surface area contributed by atoms with Gasteiger partial charge in [-0.05, 0) is 19.1 Å². The molecule has 0 atom stereocenters. The van der Waals surface area contributed by atoms with Gasteiger partial charge < -0.3 is 10.5 Å². The third kappa shape index (κ3) is 2.72. The van der Waals surface area contributed by atoms with Crippen molar-refractivity contribution in [3.05, 3.63) is 45.7 Å². The molecular formula is C12H11Cl2N3O. The Morgan fingerprint density at radius 1 is 1.33 bits per heavy atom. The van der Waals surface area contributed by atoms with Gasteiger partial charge in [-0.15, -0.1) is 0 Å². The maximum atomic E-state index is 6.01. The maximum Gasteiger partial charge on any atom is 0.322 e. The van der Waals surface area contributed by atoms with E-state index < -0.39 is 0 Å². The molecule has 18 heavy (non-hydrogen) atoms. The Morgan fingerprint density at radius 3 is 2.78 bits per heavy atom. The molecule has 0 amide bonds. The number of hydrogen-bond acceptors (Lipinski definition) is 4. The van der Waals surface area contributed by atoms with Crippen molar-refractivity contribution in [2.24, 2.45) is 5.73 Å². The first-order valence-corrected chi connectivity index (χ1v) is 6.02. The molecule has 2 N–H and O–H groups in total.